The summed E-state index contributed by atoms with van der Waals surface area (Å²) in [7, 11) is 1.56. The quantitative estimate of drug-likeness (QED) is 0.677. The molecule has 1 fully saturated rings. The number of nitrogens with zero attached hydrogens (tertiary/aromatic N) is 2. The summed E-state index contributed by atoms with van der Waals surface area (Å²) in [5.41, 5.74) is 1.95. The lowest BCUT2D eigenvalue weighted by atomic mass is 10.1. The standard InChI is InChI=1S/C19H17N3O4/c1-12-3-7-14(8-4-12)22-18(24)16(17(23)21-19(22)25)11-20-13-5-9-15(26-2)10-6-13/h3-11,16H,1-2H3,(H,21,23,25)/t16-/m0/s1. The second kappa shape index (κ2) is 7.18. The molecule has 3 rings (SSSR count). The second-order valence-electron chi connectivity index (χ2n) is 5.76. The minimum atomic E-state index is -1.18. The van der Waals surface area contributed by atoms with Crippen molar-refractivity contribution in [2.24, 2.45) is 10.9 Å². The predicted molar refractivity (Wildman–Crippen MR) is 96.8 cm³/mol. The molecule has 4 amide bonds. The van der Waals surface area contributed by atoms with Crippen molar-refractivity contribution >= 4 is 35.4 Å². The third-order valence-electron chi connectivity index (χ3n) is 3.94. The Hall–Kier alpha value is -3.48. The fourth-order valence-electron chi connectivity index (χ4n) is 2.49. The Morgan fingerprint density at radius 1 is 1.04 bits per heavy atom. The summed E-state index contributed by atoms with van der Waals surface area (Å²) in [6.45, 7) is 1.90. The van der Waals surface area contributed by atoms with Crippen LogP contribution in [0.3, 0.4) is 0 Å². The van der Waals surface area contributed by atoms with Crippen LogP contribution in [0.5, 0.6) is 5.75 Å². The first-order valence-corrected chi connectivity index (χ1v) is 7.93. The van der Waals surface area contributed by atoms with Gasteiger partial charge >= 0.3 is 6.03 Å². The van der Waals surface area contributed by atoms with Crippen molar-refractivity contribution in [3.05, 3.63) is 54.1 Å². The van der Waals surface area contributed by atoms with Crippen LogP contribution in [0, 0.1) is 12.8 Å². The van der Waals surface area contributed by atoms with Crippen LogP contribution in [-0.4, -0.2) is 31.2 Å². The first kappa shape index (κ1) is 17.3. The average Bonchev–Trinajstić information content (AvgIpc) is 2.63. The third-order valence-corrected chi connectivity index (χ3v) is 3.94. The zero-order chi connectivity index (χ0) is 18.7. The van der Waals surface area contributed by atoms with Gasteiger partial charge in [-0.2, -0.15) is 0 Å². The SMILES string of the molecule is COc1ccc(N=C[C@H]2C(=O)NC(=O)N(c3ccc(C)cc3)C2=O)cc1. The number of ether oxygens (including phenoxy) is 1. The fourth-order valence-corrected chi connectivity index (χ4v) is 2.49. The van der Waals surface area contributed by atoms with Crippen LogP contribution in [0.15, 0.2) is 53.5 Å². The van der Waals surface area contributed by atoms with E-state index in [9.17, 15) is 14.4 Å². The van der Waals surface area contributed by atoms with Gasteiger partial charge in [-0.1, -0.05) is 17.7 Å². The van der Waals surface area contributed by atoms with E-state index in [1.54, 1.807) is 55.6 Å². The van der Waals surface area contributed by atoms with E-state index in [0.29, 0.717) is 17.1 Å². The molecule has 2 aromatic rings. The number of carbonyl (C=O) groups excluding carboxylic acids is 3. The maximum absolute atomic E-state index is 12.7. The van der Waals surface area contributed by atoms with Crippen molar-refractivity contribution in [2.75, 3.05) is 12.0 Å². The number of urea groups is 1. The van der Waals surface area contributed by atoms with Crippen LogP contribution >= 0.6 is 0 Å². The van der Waals surface area contributed by atoms with E-state index in [-0.39, 0.29) is 0 Å². The summed E-state index contributed by atoms with van der Waals surface area (Å²) >= 11 is 0. The lowest BCUT2D eigenvalue weighted by molar-refractivity contribution is -0.131. The molecule has 0 spiro atoms. The molecule has 0 radical (unpaired) electrons. The Balaban J connectivity index is 1.84. The van der Waals surface area contributed by atoms with Gasteiger partial charge in [-0.15, -0.1) is 0 Å². The highest BCUT2D eigenvalue weighted by molar-refractivity contribution is 6.32. The van der Waals surface area contributed by atoms with Crippen molar-refractivity contribution in [1.29, 1.82) is 0 Å². The number of benzene rings is 2. The fraction of sp³-hybridized carbons (Fsp3) is 0.158. The summed E-state index contributed by atoms with van der Waals surface area (Å²) in [5, 5.41) is 2.19. The van der Waals surface area contributed by atoms with Crippen LogP contribution in [0.2, 0.25) is 0 Å². The molecule has 1 heterocycles. The number of hydrogen-bond donors (Lipinski definition) is 1. The van der Waals surface area contributed by atoms with Crippen LogP contribution in [0.1, 0.15) is 5.56 Å². The zero-order valence-electron chi connectivity index (χ0n) is 14.3. The molecule has 7 nitrogen and oxygen atoms in total. The van der Waals surface area contributed by atoms with E-state index in [4.69, 9.17) is 4.74 Å². The molecule has 0 unspecified atom stereocenters. The minimum Gasteiger partial charge on any atom is -0.497 e. The number of nitrogens with one attached hydrogen (secondary N) is 1. The van der Waals surface area contributed by atoms with E-state index in [1.165, 1.54) is 6.21 Å². The molecule has 7 heteroatoms. The topological polar surface area (TPSA) is 88.1 Å². The Labute approximate surface area is 150 Å². The lowest BCUT2D eigenvalue weighted by Crippen LogP contribution is -2.58. The van der Waals surface area contributed by atoms with Gasteiger partial charge in [0.1, 0.15) is 5.75 Å². The van der Waals surface area contributed by atoms with Crippen molar-refractivity contribution < 1.29 is 19.1 Å². The molecule has 2 aromatic carbocycles. The number of aliphatic imine (C=N–C) groups is 1. The van der Waals surface area contributed by atoms with E-state index < -0.39 is 23.8 Å². The van der Waals surface area contributed by atoms with Gasteiger partial charge < -0.3 is 4.74 Å². The summed E-state index contributed by atoms with van der Waals surface area (Å²) < 4.78 is 5.07. The van der Waals surface area contributed by atoms with Gasteiger partial charge in [0.15, 0.2) is 5.92 Å². The molecule has 1 saturated heterocycles. The number of barbiturate groups is 1. The van der Waals surface area contributed by atoms with Crippen LogP contribution < -0.4 is 15.0 Å². The molecule has 0 saturated carbocycles. The van der Waals surface area contributed by atoms with Gasteiger partial charge in [-0.25, -0.2) is 9.69 Å². The molecule has 0 bridgehead atoms. The second-order valence-corrected chi connectivity index (χ2v) is 5.76. The lowest BCUT2D eigenvalue weighted by Gasteiger charge is -2.28. The van der Waals surface area contributed by atoms with Crippen molar-refractivity contribution in [3.63, 3.8) is 0 Å². The highest BCUT2D eigenvalue weighted by Gasteiger charge is 2.40. The molecule has 0 aromatic heterocycles. The van der Waals surface area contributed by atoms with Crippen molar-refractivity contribution in [1.82, 2.24) is 5.32 Å². The number of carbonyl (C=O) groups is 3. The molecule has 1 atom stereocenters. The van der Waals surface area contributed by atoms with Gasteiger partial charge in [-0.3, -0.25) is 19.9 Å². The summed E-state index contributed by atoms with van der Waals surface area (Å²) in [6.07, 6.45) is 1.24. The third kappa shape index (κ3) is 3.46. The van der Waals surface area contributed by atoms with Gasteiger partial charge in [0, 0.05) is 6.21 Å². The number of amides is 4. The minimum absolute atomic E-state index is 0.397. The first-order chi connectivity index (χ1) is 12.5. The van der Waals surface area contributed by atoms with Crippen molar-refractivity contribution in [2.45, 2.75) is 6.92 Å². The van der Waals surface area contributed by atoms with Crippen LogP contribution in [-0.2, 0) is 9.59 Å². The highest BCUT2D eigenvalue weighted by Crippen LogP contribution is 2.22. The van der Waals surface area contributed by atoms with Gasteiger partial charge in [0.25, 0.3) is 5.91 Å². The predicted octanol–water partition coefficient (Wildman–Crippen LogP) is 2.61. The summed E-state index contributed by atoms with van der Waals surface area (Å²) in [4.78, 5) is 42.0. The van der Waals surface area contributed by atoms with E-state index in [2.05, 4.69) is 10.3 Å². The number of hydrogen-bond acceptors (Lipinski definition) is 5. The smallest absolute Gasteiger partial charge is 0.335 e. The number of methoxy groups -OCH3 is 1. The number of aryl methyl sites for hydroxylation is 1. The largest absolute Gasteiger partial charge is 0.497 e. The monoisotopic (exact) mass is 351 g/mol. The number of rotatable bonds is 4. The summed E-state index contributed by atoms with van der Waals surface area (Å²) in [5.74, 6) is -1.84. The van der Waals surface area contributed by atoms with Crippen LogP contribution in [0.4, 0.5) is 16.2 Å². The van der Waals surface area contributed by atoms with E-state index in [0.717, 1.165) is 10.5 Å². The Morgan fingerprint density at radius 2 is 1.69 bits per heavy atom. The molecule has 1 N–H and O–H groups in total. The Kier molecular flexibility index (Phi) is 4.79. The van der Waals surface area contributed by atoms with Gasteiger partial charge in [0.2, 0.25) is 5.91 Å². The molecule has 1 aliphatic rings. The van der Waals surface area contributed by atoms with Crippen molar-refractivity contribution in [3.8, 4) is 5.75 Å². The molecule has 0 aliphatic carbocycles. The maximum Gasteiger partial charge on any atom is 0.335 e. The summed E-state index contributed by atoms with van der Waals surface area (Å²) in [6, 6.07) is 12.9. The molecular weight excluding hydrogens is 334 g/mol. The van der Waals surface area contributed by atoms with Gasteiger partial charge in [-0.05, 0) is 43.3 Å². The number of anilines is 1. The van der Waals surface area contributed by atoms with E-state index in [1.807, 2.05) is 6.92 Å². The molecule has 1 aliphatic heterocycles. The molecule has 132 valence electrons. The Morgan fingerprint density at radius 3 is 2.31 bits per heavy atom. The molecule has 26 heavy (non-hydrogen) atoms. The zero-order valence-corrected chi connectivity index (χ0v) is 14.3. The van der Waals surface area contributed by atoms with Gasteiger partial charge in [0.05, 0.1) is 18.5 Å². The normalized spacial score (nSPS) is 17.5. The number of imide groups is 2. The maximum atomic E-state index is 12.7. The highest BCUT2D eigenvalue weighted by atomic mass is 16.5. The average molecular weight is 351 g/mol. The molecular formula is C19H17N3O4. The first-order valence-electron chi connectivity index (χ1n) is 7.93. The van der Waals surface area contributed by atoms with Crippen LogP contribution in [0.25, 0.3) is 0 Å². The Bertz CT molecular complexity index is 873. The van der Waals surface area contributed by atoms with E-state index >= 15 is 0 Å².